The molecule has 3 heteroatoms. The first-order valence-corrected chi connectivity index (χ1v) is 6.18. The molecule has 0 unspecified atom stereocenters. The Morgan fingerprint density at radius 2 is 2.00 bits per heavy atom. The van der Waals surface area contributed by atoms with Crippen molar-refractivity contribution in [2.24, 2.45) is 0 Å². The molecule has 1 aromatic carbocycles. The summed E-state index contributed by atoms with van der Waals surface area (Å²) in [6, 6.07) is 6.50. The van der Waals surface area contributed by atoms with Crippen LogP contribution in [0.3, 0.4) is 0 Å². The largest absolute Gasteiger partial charge is 0.497 e. The third-order valence-corrected chi connectivity index (χ3v) is 3.57. The fraction of sp³-hybridized carbons (Fsp3) is 0.571. The molecule has 1 saturated heterocycles. The van der Waals surface area contributed by atoms with Crippen molar-refractivity contribution >= 4 is 0 Å². The van der Waals surface area contributed by atoms with Gasteiger partial charge in [-0.25, -0.2) is 0 Å². The van der Waals surface area contributed by atoms with Gasteiger partial charge in [0, 0.05) is 11.6 Å². The van der Waals surface area contributed by atoms with Crippen LogP contribution in [0.2, 0.25) is 0 Å². The van der Waals surface area contributed by atoms with Crippen molar-refractivity contribution in [3.8, 4) is 11.5 Å². The maximum absolute atomic E-state index is 5.46. The first-order valence-electron chi connectivity index (χ1n) is 6.18. The summed E-state index contributed by atoms with van der Waals surface area (Å²) in [6.07, 6.45) is 3.77. The predicted molar refractivity (Wildman–Crippen MR) is 68.8 cm³/mol. The number of hydrogen-bond donors (Lipinski definition) is 0. The molecule has 17 heavy (non-hydrogen) atoms. The van der Waals surface area contributed by atoms with Gasteiger partial charge in [0.25, 0.3) is 0 Å². The van der Waals surface area contributed by atoms with E-state index in [2.05, 4.69) is 18.0 Å². The average Bonchev–Trinajstić information content (AvgIpc) is 2.38. The van der Waals surface area contributed by atoms with Crippen molar-refractivity contribution in [1.82, 2.24) is 4.90 Å². The number of nitrogens with zero attached hydrogens (tertiary/aromatic N) is 1. The molecule has 1 heterocycles. The quantitative estimate of drug-likeness (QED) is 0.804. The lowest BCUT2D eigenvalue weighted by Crippen LogP contribution is -2.29. The Morgan fingerprint density at radius 3 is 2.65 bits per heavy atom. The summed E-state index contributed by atoms with van der Waals surface area (Å²) in [6.45, 7) is 1.16. The number of piperidine rings is 1. The predicted octanol–water partition coefficient (Wildman–Crippen LogP) is 2.86. The van der Waals surface area contributed by atoms with Gasteiger partial charge >= 0.3 is 0 Å². The summed E-state index contributed by atoms with van der Waals surface area (Å²) in [4.78, 5) is 2.40. The minimum absolute atomic E-state index is 0.453. The molecule has 1 atom stereocenters. The third-order valence-electron chi connectivity index (χ3n) is 3.57. The van der Waals surface area contributed by atoms with Crippen LogP contribution in [0.15, 0.2) is 18.2 Å². The Labute approximate surface area is 103 Å². The number of benzene rings is 1. The Kier molecular flexibility index (Phi) is 3.89. The number of likely N-dealkylation sites (tertiary alicyclic amines) is 1. The Bertz CT molecular complexity index is 378. The lowest BCUT2D eigenvalue weighted by atomic mass is 9.95. The molecule has 1 aliphatic heterocycles. The molecule has 0 amide bonds. The zero-order valence-corrected chi connectivity index (χ0v) is 10.9. The van der Waals surface area contributed by atoms with Gasteiger partial charge in [0.05, 0.1) is 14.2 Å². The van der Waals surface area contributed by atoms with E-state index in [-0.39, 0.29) is 0 Å². The van der Waals surface area contributed by atoms with Gasteiger partial charge in [-0.15, -0.1) is 0 Å². The van der Waals surface area contributed by atoms with E-state index in [9.17, 15) is 0 Å². The van der Waals surface area contributed by atoms with Crippen LogP contribution in [0, 0.1) is 0 Å². The minimum Gasteiger partial charge on any atom is -0.497 e. The van der Waals surface area contributed by atoms with Crippen LogP contribution in [0.1, 0.15) is 30.9 Å². The van der Waals surface area contributed by atoms with Gasteiger partial charge in [0.2, 0.25) is 0 Å². The van der Waals surface area contributed by atoms with E-state index in [0.29, 0.717) is 6.04 Å². The summed E-state index contributed by atoms with van der Waals surface area (Å²) < 4.78 is 10.8. The van der Waals surface area contributed by atoms with Crippen LogP contribution in [-0.4, -0.2) is 32.7 Å². The molecule has 0 radical (unpaired) electrons. The fourth-order valence-corrected chi connectivity index (χ4v) is 2.57. The van der Waals surface area contributed by atoms with Gasteiger partial charge in [-0.3, -0.25) is 4.90 Å². The highest BCUT2D eigenvalue weighted by Crippen LogP contribution is 2.37. The standard InChI is InChI=1S/C14H21NO2/c1-15-9-5-4-6-13(15)12-10-11(16-2)7-8-14(12)17-3/h7-8,10,13H,4-6,9H2,1-3H3/t13-/m0/s1. The molecule has 1 fully saturated rings. The third kappa shape index (κ3) is 2.55. The number of methoxy groups -OCH3 is 2. The average molecular weight is 235 g/mol. The van der Waals surface area contributed by atoms with Gasteiger partial charge < -0.3 is 9.47 Å². The summed E-state index contributed by atoms with van der Waals surface area (Å²) in [7, 11) is 5.62. The summed E-state index contributed by atoms with van der Waals surface area (Å²) >= 11 is 0. The van der Waals surface area contributed by atoms with E-state index in [1.54, 1.807) is 14.2 Å². The summed E-state index contributed by atoms with van der Waals surface area (Å²) in [5.41, 5.74) is 1.24. The minimum atomic E-state index is 0.453. The van der Waals surface area contributed by atoms with Crippen LogP contribution < -0.4 is 9.47 Å². The van der Waals surface area contributed by atoms with Crippen LogP contribution in [0.4, 0.5) is 0 Å². The highest BCUT2D eigenvalue weighted by atomic mass is 16.5. The van der Waals surface area contributed by atoms with Gasteiger partial charge in [-0.1, -0.05) is 6.42 Å². The molecular weight excluding hydrogens is 214 g/mol. The first kappa shape index (κ1) is 12.2. The van der Waals surface area contributed by atoms with E-state index in [4.69, 9.17) is 9.47 Å². The second-order valence-corrected chi connectivity index (χ2v) is 4.60. The molecule has 0 aromatic heterocycles. The van der Waals surface area contributed by atoms with E-state index in [0.717, 1.165) is 18.0 Å². The van der Waals surface area contributed by atoms with E-state index < -0.39 is 0 Å². The van der Waals surface area contributed by atoms with Gasteiger partial charge in [0.15, 0.2) is 0 Å². The Hall–Kier alpha value is -1.22. The SMILES string of the molecule is COc1ccc(OC)c([C@@H]2CCCCN2C)c1. The van der Waals surface area contributed by atoms with Crippen LogP contribution in [0.5, 0.6) is 11.5 Å². The molecule has 0 N–H and O–H groups in total. The number of ether oxygens (including phenoxy) is 2. The monoisotopic (exact) mass is 235 g/mol. The van der Waals surface area contributed by atoms with Gasteiger partial charge in [-0.2, -0.15) is 0 Å². The van der Waals surface area contributed by atoms with E-state index >= 15 is 0 Å². The molecule has 0 bridgehead atoms. The molecular formula is C14H21NO2. The van der Waals surface area contributed by atoms with Crippen molar-refractivity contribution in [2.75, 3.05) is 27.8 Å². The normalized spacial score (nSPS) is 21.2. The molecule has 0 spiro atoms. The molecule has 3 nitrogen and oxygen atoms in total. The van der Waals surface area contributed by atoms with Gasteiger partial charge in [-0.05, 0) is 44.6 Å². The molecule has 0 saturated carbocycles. The van der Waals surface area contributed by atoms with Crippen LogP contribution >= 0.6 is 0 Å². The first-order chi connectivity index (χ1) is 8.26. The fourth-order valence-electron chi connectivity index (χ4n) is 2.57. The lowest BCUT2D eigenvalue weighted by molar-refractivity contribution is 0.183. The Morgan fingerprint density at radius 1 is 1.18 bits per heavy atom. The zero-order chi connectivity index (χ0) is 12.3. The van der Waals surface area contributed by atoms with Crippen molar-refractivity contribution in [3.05, 3.63) is 23.8 Å². The molecule has 1 aromatic rings. The number of hydrogen-bond acceptors (Lipinski definition) is 3. The Balaban J connectivity index is 2.33. The van der Waals surface area contributed by atoms with Crippen molar-refractivity contribution in [2.45, 2.75) is 25.3 Å². The van der Waals surface area contributed by atoms with Crippen LogP contribution in [-0.2, 0) is 0 Å². The van der Waals surface area contributed by atoms with Gasteiger partial charge in [0.1, 0.15) is 11.5 Å². The maximum Gasteiger partial charge on any atom is 0.123 e. The van der Waals surface area contributed by atoms with Crippen molar-refractivity contribution in [3.63, 3.8) is 0 Å². The molecule has 1 aliphatic rings. The van der Waals surface area contributed by atoms with E-state index in [1.165, 1.54) is 24.8 Å². The molecule has 2 rings (SSSR count). The topological polar surface area (TPSA) is 21.7 Å². The molecule has 0 aliphatic carbocycles. The van der Waals surface area contributed by atoms with Crippen molar-refractivity contribution in [1.29, 1.82) is 0 Å². The second-order valence-electron chi connectivity index (χ2n) is 4.60. The van der Waals surface area contributed by atoms with Crippen molar-refractivity contribution < 1.29 is 9.47 Å². The number of rotatable bonds is 3. The zero-order valence-electron chi connectivity index (χ0n) is 10.9. The summed E-state index contributed by atoms with van der Waals surface area (Å²) in [5, 5.41) is 0. The lowest BCUT2D eigenvalue weighted by Gasteiger charge is -2.33. The summed E-state index contributed by atoms with van der Waals surface area (Å²) in [5.74, 6) is 1.87. The van der Waals surface area contributed by atoms with Crippen LogP contribution in [0.25, 0.3) is 0 Å². The second kappa shape index (κ2) is 5.41. The van der Waals surface area contributed by atoms with E-state index in [1.807, 2.05) is 12.1 Å². The maximum atomic E-state index is 5.46. The highest BCUT2D eigenvalue weighted by Gasteiger charge is 2.23. The smallest absolute Gasteiger partial charge is 0.123 e. The highest BCUT2D eigenvalue weighted by molar-refractivity contribution is 5.42. The molecule has 94 valence electrons.